The number of anilines is 1. The van der Waals surface area contributed by atoms with Gasteiger partial charge >= 0.3 is 0 Å². The highest BCUT2D eigenvalue weighted by Gasteiger charge is 2.34. The SMILES string of the molecule is CC[C@@H]1CCc2c(sc3c2C(=O)N[C@H](c2cc4c(cc2Cl)OCO4)N3)C1. The number of halogens is 1. The number of carbonyl (C=O) groups is 1. The van der Waals surface area contributed by atoms with Gasteiger partial charge in [0, 0.05) is 16.5 Å². The Balaban J connectivity index is 1.50. The molecule has 0 saturated carbocycles. The summed E-state index contributed by atoms with van der Waals surface area (Å²) in [6.07, 6.45) is 4.05. The lowest BCUT2D eigenvalue weighted by atomic mass is 9.85. The van der Waals surface area contributed by atoms with Crippen molar-refractivity contribution >= 4 is 33.8 Å². The van der Waals surface area contributed by atoms with Crippen LogP contribution in [0.3, 0.4) is 0 Å². The van der Waals surface area contributed by atoms with Crippen LogP contribution in [0.5, 0.6) is 11.5 Å². The van der Waals surface area contributed by atoms with Gasteiger partial charge in [-0.1, -0.05) is 24.9 Å². The lowest BCUT2D eigenvalue weighted by Crippen LogP contribution is -2.38. The molecule has 26 heavy (non-hydrogen) atoms. The maximum absolute atomic E-state index is 12.9. The molecule has 2 aliphatic heterocycles. The third-order valence-electron chi connectivity index (χ3n) is 5.53. The molecule has 1 aromatic heterocycles. The van der Waals surface area contributed by atoms with E-state index in [1.54, 1.807) is 17.4 Å². The molecule has 0 spiro atoms. The van der Waals surface area contributed by atoms with Crippen molar-refractivity contribution in [3.63, 3.8) is 0 Å². The second kappa shape index (κ2) is 6.06. The maximum Gasteiger partial charge on any atom is 0.256 e. The molecule has 5 nitrogen and oxygen atoms in total. The molecule has 1 amide bonds. The van der Waals surface area contributed by atoms with Gasteiger partial charge < -0.3 is 20.1 Å². The molecule has 5 rings (SSSR count). The Kier molecular flexibility index (Phi) is 3.79. The first kappa shape index (κ1) is 16.3. The second-order valence-corrected chi connectivity index (χ2v) is 8.52. The zero-order valence-corrected chi connectivity index (χ0v) is 15.9. The first-order valence-electron chi connectivity index (χ1n) is 8.95. The monoisotopic (exact) mass is 390 g/mol. The number of nitrogens with one attached hydrogen (secondary N) is 2. The van der Waals surface area contributed by atoms with E-state index < -0.39 is 0 Å². The van der Waals surface area contributed by atoms with E-state index in [1.807, 2.05) is 6.07 Å². The highest BCUT2D eigenvalue weighted by molar-refractivity contribution is 7.16. The minimum absolute atomic E-state index is 0.0232. The molecule has 2 atom stereocenters. The first-order chi connectivity index (χ1) is 12.6. The van der Waals surface area contributed by atoms with Crippen LogP contribution in [-0.2, 0) is 12.8 Å². The second-order valence-electron chi connectivity index (χ2n) is 7.00. The Morgan fingerprint density at radius 1 is 1.27 bits per heavy atom. The molecule has 2 N–H and O–H groups in total. The molecule has 0 bridgehead atoms. The van der Waals surface area contributed by atoms with Crippen molar-refractivity contribution in [3.8, 4) is 11.5 Å². The predicted octanol–water partition coefficient (Wildman–Crippen LogP) is 4.50. The van der Waals surface area contributed by atoms with Crippen LogP contribution in [0.15, 0.2) is 12.1 Å². The molecule has 0 radical (unpaired) electrons. The van der Waals surface area contributed by atoms with E-state index in [4.69, 9.17) is 21.1 Å². The number of thiophene rings is 1. The van der Waals surface area contributed by atoms with E-state index in [0.29, 0.717) is 16.5 Å². The fourth-order valence-corrected chi connectivity index (χ4v) is 5.67. The van der Waals surface area contributed by atoms with Crippen molar-refractivity contribution in [2.75, 3.05) is 12.1 Å². The molecule has 3 heterocycles. The Bertz CT molecular complexity index is 911. The Morgan fingerprint density at radius 3 is 2.88 bits per heavy atom. The summed E-state index contributed by atoms with van der Waals surface area (Å²) in [5, 5.41) is 8.03. The van der Waals surface area contributed by atoms with E-state index in [0.717, 1.165) is 41.3 Å². The van der Waals surface area contributed by atoms with Crippen LogP contribution in [0.4, 0.5) is 5.00 Å². The van der Waals surface area contributed by atoms with Gasteiger partial charge in [-0.05, 0) is 36.8 Å². The maximum atomic E-state index is 12.9. The molecule has 1 aromatic carbocycles. The van der Waals surface area contributed by atoms with Crippen molar-refractivity contribution in [3.05, 3.63) is 38.7 Å². The molecule has 0 unspecified atom stereocenters. The summed E-state index contributed by atoms with van der Waals surface area (Å²) in [5.41, 5.74) is 2.84. The molecule has 2 aromatic rings. The normalized spacial score (nSPS) is 23.1. The van der Waals surface area contributed by atoms with Crippen LogP contribution in [0, 0.1) is 5.92 Å². The topological polar surface area (TPSA) is 59.6 Å². The summed E-state index contributed by atoms with van der Waals surface area (Å²) in [6.45, 7) is 2.44. The largest absolute Gasteiger partial charge is 0.454 e. The molecule has 136 valence electrons. The van der Waals surface area contributed by atoms with Crippen LogP contribution in [-0.4, -0.2) is 12.7 Å². The number of hydrogen-bond donors (Lipinski definition) is 2. The number of amides is 1. The van der Waals surface area contributed by atoms with Crippen LogP contribution in [0.25, 0.3) is 0 Å². The van der Waals surface area contributed by atoms with Crippen molar-refractivity contribution in [1.82, 2.24) is 5.32 Å². The van der Waals surface area contributed by atoms with E-state index in [2.05, 4.69) is 17.6 Å². The van der Waals surface area contributed by atoms with Gasteiger partial charge in [-0.3, -0.25) is 4.79 Å². The third kappa shape index (κ3) is 2.47. The number of rotatable bonds is 2. The van der Waals surface area contributed by atoms with Crippen LogP contribution >= 0.6 is 22.9 Å². The molecule has 0 fully saturated rings. The highest BCUT2D eigenvalue weighted by Crippen LogP contribution is 2.45. The standard InChI is InChI=1S/C19H19ClN2O3S/c1-2-9-3-4-10-15(5-9)26-19-16(10)18(23)21-17(22-19)11-6-13-14(7-12(11)20)25-8-24-13/h6-7,9,17,22H,2-5,8H2,1H3,(H,21,23)/t9-,17+/m1/s1. The number of carbonyl (C=O) groups excluding carboxylic acids is 1. The van der Waals surface area contributed by atoms with Crippen molar-refractivity contribution in [2.45, 2.75) is 38.8 Å². The van der Waals surface area contributed by atoms with Gasteiger partial charge in [-0.25, -0.2) is 0 Å². The summed E-state index contributed by atoms with van der Waals surface area (Å²) in [4.78, 5) is 14.2. The minimum Gasteiger partial charge on any atom is -0.454 e. The van der Waals surface area contributed by atoms with Gasteiger partial charge in [0.05, 0.1) is 10.6 Å². The van der Waals surface area contributed by atoms with E-state index in [-0.39, 0.29) is 18.9 Å². The quantitative estimate of drug-likeness (QED) is 0.792. The lowest BCUT2D eigenvalue weighted by molar-refractivity contribution is 0.0935. The van der Waals surface area contributed by atoms with E-state index >= 15 is 0 Å². The summed E-state index contributed by atoms with van der Waals surface area (Å²) >= 11 is 8.15. The fraction of sp³-hybridized carbons (Fsp3) is 0.421. The Hall–Kier alpha value is -1.92. The number of benzene rings is 1. The average Bonchev–Trinajstić information content (AvgIpc) is 3.23. The van der Waals surface area contributed by atoms with Gasteiger partial charge in [0.2, 0.25) is 6.79 Å². The molecular formula is C19H19ClN2O3S. The summed E-state index contributed by atoms with van der Waals surface area (Å²) in [6, 6.07) is 3.59. The van der Waals surface area contributed by atoms with Crippen LogP contribution < -0.4 is 20.1 Å². The zero-order chi connectivity index (χ0) is 17.8. The highest BCUT2D eigenvalue weighted by atomic mass is 35.5. The predicted molar refractivity (Wildman–Crippen MR) is 102 cm³/mol. The molecule has 1 aliphatic carbocycles. The van der Waals surface area contributed by atoms with Crippen molar-refractivity contribution in [1.29, 1.82) is 0 Å². The Labute approximate surface area is 160 Å². The van der Waals surface area contributed by atoms with Gasteiger partial charge in [-0.2, -0.15) is 0 Å². The number of ether oxygens (including phenoxy) is 2. The van der Waals surface area contributed by atoms with E-state index in [9.17, 15) is 4.79 Å². The van der Waals surface area contributed by atoms with Gasteiger partial charge in [0.25, 0.3) is 5.91 Å². The minimum atomic E-state index is -0.376. The van der Waals surface area contributed by atoms with Gasteiger partial charge in [0.1, 0.15) is 11.2 Å². The fourth-order valence-electron chi connectivity index (χ4n) is 4.02. The summed E-state index contributed by atoms with van der Waals surface area (Å²) < 4.78 is 10.8. The molecule has 0 saturated heterocycles. The molecule has 3 aliphatic rings. The smallest absolute Gasteiger partial charge is 0.256 e. The third-order valence-corrected chi connectivity index (χ3v) is 7.04. The molecule has 7 heteroatoms. The number of hydrogen-bond acceptors (Lipinski definition) is 5. The number of fused-ring (bicyclic) bond motifs is 4. The van der Waals surface area contributed by atoms with Crippen molar-refractivity contribution in [2.24, 2.45) is 5.92 Å². The average molecular weight is 391 g/mol. The lowest BCUT2D eigenvalue weighted by Gasteiger charge is -2.28. The van der Waals surface area contributed by atoms with E-state index in [1.165, 1.54) is 16.9 Å². The molecular weight excluding hydrogens is 372 g/mol. The van der Waals surface area contributed by atoms with Crippen LogP contribution in [0.2, 0.25) is 5.02 Å². The Morgan fingerprint density at radius 2 is 2.08 bits per heavy atom. The first-order valence-corrected chi connectivity index (χ1v) is 10.1. The van der Waals surface area contributed by atoms with Gasteiger partial charge in [0.15, 0.2) is 11.5 Å². The van der Waals surface area contributed by atoms with Crippen molar-refractivity contribution < 1.29 is 14.3 Å². The summed E-state index contributed by atoms with van der Waals surface area (Å²) in [5.74, 6) is 2.00. The van der Waals surface area contributed by atoms with Gasteiger partial charge in [-0.15, -0.1) is 11.3 Å². The van der Waals surface area contributed by atoms with Crippen LogP contribution in [0.1, 0.15) is 52.3 Å². The zero-order valence-electron chi connectivity index (χ0n) is 14.4. The summed E-state index contributed by atoms with van der Waals surface area (Å²) in [7, 11) is 0.